The summed E-state index contributed by atoms with van der Waals surface area (Å²) in [5.74, 6) is 1.98. The molecule has 29 heavy (non-hydrogen) atoms. The summed E-state index contributed by atoms with van der Waals surface area (Å²) >= 11 is 0. The van der Waals surface area contributed by atoms with Crippen LogP contribution in [0, 0.1) is 0 Å². The van der Waals surface area contributed by atoms with Gasteiger partial charge in [-0.1, -0.05) is 97.6 Å². The lowest BCUT2D eigenvalue weighted by atomic mass is 10.0. The molecule has 0 radical (unpaired) electrons. The van der Waals surface area contributed by atoms with E-state index in [2.05, 4.69) is 18.7 Å². The smallest absolute Gasteiger partial charge is 0.164 e. The maximum atomic E-state index is 4.78. The zero-order valence-electron chi connectivity index (χ0n) is 16.3. The average molecular weight is 375 g/mol. The van der Waals surface area contributed by atoms with Crippen LogP contribution < -0.4 is 0 Å². The molecule has 0 unspecified atom stereocenters. The van der Waals surface area contributed by atoms with Crippen molar-refractivity contribution < 1.29 is 0 Å². The third-order valence-electron chi connectivity index (χ3n) is 4.68. The van der Waals surface area contributed by atoms with Gasteiger partial charge in [-0.25, -0.2) is 15.0 Å². The first kappa shape index (κ1) is 18.5. The Labute approximate surface area is 171 Å². The zero-order chi connectivity index (χ0) is 20.1. The molecule has 0 saturated carbocycles. The van der Waals surface area contributed by atoms with E-state index in [1.165, 1.54) is 0 Å². The molecule has 4 aromatic rings. The van der Waals surface area contributed by atoms with Crippen LogP contribution in [0.15, 0.2) is 104 Å². The molecule has 3 aromatic carbocycles. The molecule has 0 aliphatic carbocycles. The van der Waals surface area contributed by atoms with Crippen LogP contribution in [0.5, 0.6) is 0 Å². The summed E-state index contributed by atoms with van der Waals surface area (Å²) < 4.78 is 0. The van der Waals surface area contributed by atoms with E-state index in [-0.39, 0.29) is 0 Å². The molecule has 1 heterocycles. The lowest BCUT2D eigenvalue weighted by Gasteiger charge is -2.09. The van der Waals surface area contributed by atoms with Crippen LogP contribution in [-0.4, -0.2) is 15.0 Å². The fourth-order valence-corrected chi connectivity index (χ4v) is 3.18. The van der Waals surface area contributed by atoms with E-state index < -0.39 is 0 Å². The summed E-state index contributed by atoms with van der Waals surface area (Å²) in [5.41, 5.74) is 5.03. The van der Waals surface area contributed by atoms with Gasteiger partial charge in [-0.15, -0.1) is 0 Å². The van der Waals surface area contributed by atoms with Gasteiger partial charge in [0.1, 0.15) is 0 Å². The highest BCUT2D eigenvalue weighted by atomic mass is 15.0. The molecule has 0 fully saturated rings. The number of hydrogen-bond acceptors (Lipinski definition) is 3. The summed E-state index contributed by atoms with van der Waals surface area (Å²) in [7, 11) is 0. The molecule has 0 atom stereocenters. The van der Waals surface area contributed by atoms with Crippen LogP contribution in [0.25, 0.3) is 39.7 Å². The molecule has 3 nitrogen and oxygen atoms in total. The van der Waals surface area contributed by atoms with Gasteiger partial charge < -0.3 is 0 Å². The van der Waals surface area contributed by atoms with E-state index in [4.69, 9.17) is 15.0 Å². The molecule has 0 aliphatic rings. The van der Waals surface area contributed by atoms with Gasteiger partial charge in [0.05, 0.1) is 0 Å². The Morgan fingerprint density at radius 1 is 0.655 bits per heavy atom. The minimum Gasteiger partial charge on any atom is -0.208 e. The van der Waals surface area contributed by atoms with Gasteiger partial charge >= 0.3 is 0 Å². The first-order valence-electron chi connectivity index (χ1n) is 9.55. The van der Waals surface area contributed by atoms with Crippen molar-refractivity contribution in [2.45, 2.75) is 6.92 Å². The van der Waals surface area contributed by atoms with E-state index >= 15 is 0 Å². The van der Waals surface area contributed by atoms with Gasteiger partial charge in [0.2, 0.25) is 0 Å². The van der Waals surface area contributed by atoms with Crippen LogP contribution in [0.2, 0.25) is 0 Å². The fourth-order valence-electron chi connectivity index (χ4n) is 3.18. The quantitative estimate of drug-likeness (QED) is 0.376. The van der Waals surface area contributed by atoms with Gasteiger partial charge in [-0.3, -0.25) is 0 Å². The Hall–Kier alpha value is -3.85. The Morgan fingerprint density at radius 3 is 1.62 bits per heavy atom. The van der Waals surface area contributed by atoms with Gasteiger partial charge in [-0.05, 0) is 24.1 Å². The first-order chi connectivity index (χ1) is 14.3. The lowest BCUT2D eigenvalue weighted by Crippen LogP contribution is -2.00. The Balaban J connectivity index is 1.89. The first-order valence-corrected chi connectivity index (χ1v) is 9.55. The average Bonchev–Trinajstić information content (AvgIpc) is 2.81. The third-order valence-corrected chi connectivity index (χ3v) is 4.68. The second-order valence-electron chi connectivity index (χ2n) is 6.57. The molecular weight excluding hydrogens is 354 g/mol. The van der Waals surface area contributed by atoms with Crippen molar-refractivity contribution in [2.75, 3.05) is 0 Å². The highest BCUT2D eigenvalue weighted by Gasteiger charge is 2.12. The number of nitrogens with zero attached hydrogens (tertiary/aromatic N) is 3. The second-order valence-corrected chi connectivity index (χ2v) is 6.57. The number of allylic oxidation sites excluding steroid dienone is 3. The van der Waals surface area contributed by atoms with Crippen molar-refractivity contribution in [1.82, 2.24) is 15.0 Å². The Bertz CT molecular complexity index is 1110. The molecule has 0 aliphatic heterocycles. The van der Waals surface area contributed by atoms with Gasteiger partial charge in [0.25, 0.3) is 0 Å². The lowest BCUT2D eigenvalue weighted by molar-refractivity contribution is 1.07. The summed E-state index contributed by atoms with van der Waals surface area (Å²) in [6.07, 6.45) is 3.90. The van der Waals surface area contributed by atoms with Crippen LogP contribution in [0.3, 0.4) is 0 Å². The molecule has 0 spiro atoms. The molecule has 140 valence electrons. The standard InChI is InChI=1S/C26H21N3/c1-3-19(4-2)22-16-11-17-23(18-22)26-28-24(20-12-7-5-8-13-20)27-25(29-26)21-14-9-6-10-15-21/h3-18H,1H2,2H3/b19-4+. The van der Waals surface area contributed by atoms with Crippen molar-refractivity contribution in [2.24, 2.45) is 0 Å². The van der Waals surface area contributed by atoms with Crippen molar-refractivity contribution in [3.63, 3.8) is 0 Å². The SMILES string of the molecule is C=C/C(=C\C)c1cccc(-c2nc(-c3ccccc3)nc(-c3ccccc3)n2)c1. The maximum absolute atomic E-state index is 4.78. The third kappa shape index (κ3) is 4.04. The van der Waals surface area contributed by atoms with Crippen molar-refractivity contribution in [3.05, 3.63) is 109 Å². The van der Waals surface area contributed by atoms with E-state index in [9.17, 15) is 0 Å². The fraction of sp³-hybridized carbons (Fsp3) is 0.0385. The Morgan fingerprint density at radius 2 is 1.14 bits per heavy atom. The molecule has 0 N–H and O–H groups in total. The number of hydrogen-bond donors (Lipinski definition) is 0. The van der Waals surface area contributed by atoms with E-state index in [0.717, 1.165) is 27.8 Å². The van der Waals surface area contributed by atoms with Crippen molar-refractivity contribution >= 4 is 5.57 Å². The van der Waals surface area contributed by atoms with Crippen LogP contribution in [-0.2, 0) is 0 Å². The largest absolute Gasteiger partial charge is 0.208 e. The summed E-state index contributed by atoms with van der Waals surface area (Å²) in [5, 5.41) is 0. The molecule has 0 bridgehead atoms. The normalized spacial score (nSPS) is 11.3. The molecule has 3 heteroatoms. The molecule has 1 aromatic heterocycles. The predicted molar refractivity (Wildman–Crippen MR) is 120 cm³/mol. The number of rotatable bonds is 5. The summed E-state index contributed by atoms with van der Waals surface area (Å²) in [6, 6.07) is 28.2. The van der Waals surface area contributed by atoms with Gasteiger partial charge in [0, 0.05) is 16.7 Å². The van der Waals surface area contributed by atoms with Crippen molar-refractivity contribution in [3.8, 4) is 34.2 Å². The molecule has 4 rings (SSSR count). The van der Waals surface area contributed by atoms with Crippen LogP contribution in [0.4, 0.5) is 0 Å². The summed E-state index contributed by atoms with van der Waals surface area (Å²) in [6.45, 7) is 5.92. The number of benzene rings is 3. The van der Waals surface area contributed by atoms with Gasteiger partial charge in [0.15, 0.2) is 17.5 Å². The van der Waals surface area contributed by atoms with Crippen molar-refractivity contribution in [1.29, 1.82) is 0 Å². The monoisotopic (exact) mass is 375 g/mol. The van der Waals surface area contributed by atoms with Crippen LogP contribution in [0.1, 0.15) is 12.5 Å². The van der Waals surface area contributed by atoms with E-state index in [1.807, 2.05) is 91.9 Å². The van der Waals surface area contributed by atoms with E-state index in [0.29, 0.717) is 17.5 Å². The summed E-state index contributed by atoms with van der Waals surface area (Å²) in [4.78, 5) is 14.3. The second kappa shape index (κ2) is 8.44. The maximum Gasteiger partial charge on any atom is 0.164 e. The predicted octanol–water partition coefficient (Wildman–Crippen LogP) is 6.46. The molecule has 0 amide bonds. The molecule has 0 saturated heterocycles. The van der Waals surface area contributed by atoms with Crippen LogP contribution >= 0.6 is 0 Å². The number of aromatic nitrogens is 3. The van der Waals surface area contributed by atoms with Gasteiger partial charge in [-0.2, -0.15) is 0 Å². The zero-order valence-corrected chi connectivity index (χ0v) is 16.3. The highest BCUT2D eigenvalue weighted by Crippen LogP contribution is 2.26. The Kier molecular flexibility index (Phi) is 5.39. The molecular formula is C26H21N3. The topological polar surface area (TPSA) is 38.7 Å². The minimum absolute atomic E-state index is 0.652. The van der Waals surface area contributed by atoms with E-state index in [1.54, 1.807) is 0 Å². The highest BCUT2D eigenvalue weighted by molar-refractivity contribution is 5.76. The minimum atomic E-state index is 0.652.